The van der Waals surface area contributed by atoms with E-state index in [0.29, 0.717) is 55.7 Å². The molecule has 0 fully saturated rings. The number of hydrogen-bond donors (Lipinski definition) is 0. The van der Waals surface area contributed by atoms with Gasteiger partial charge >= 0.3 is 35.8 Å². The molecule has 2 aliphatic carbocycles. The number of allylic oxidation sites excluding steroid dienone is 6. The van der Waals surface area contributed by atoms with E-state index in [-0.39, 0.29) is 86.7 Å². The molecular formula is C56H54O14. The summed E-state index contributed by atoms with van der Waals surface area (Å²) in [6.45, 7) is 11.4. The third kappa shape index (κ3) is 12.7. The molecule has 2 unspecified atom stereocenters. The van der Waals surface area contributed by atoms with E-state index in [0.717, 1.165) is 0 Å². The van der Waals surface area contributed by atoms with Crippen molar-refractivity contribution in [2.45, 2.75) is 72.1 Å². The van der Waals surface area contributed by atoms with E-state index >= 15 is 0 Å². The molecule has 14 heteroatoms. The van der Waals surface area contributed by atoms with Gasteiger partial charge in [0, 0.05) is 50.8 Å². The van der Waals surface area contributed by atoms with E-state index < -0.39 is 47.7 Å². The number of rotatable bonds is 20. The molecule has 0 saturated carbocycles. The minimum Gasteiger partial charge on any atom is -0.462 e. The van der Waals surface area contributed by atoms with Crippen LogP contribution >= 0.6 is 0 Å². The Labute approximate surface area is 405 Å². The second-order valence-corrected chi connectivity index (χ2v) is 16.9. The summed E-state index contributed by atoms with van der Waals surface area (Å²) in [6.07, 6.45) is 2.51. The van der Waals surface area contributed by atoms with Crippen molar-refractivity contribution in [1.29, 1.82) is 0 Å². The van der Waals surface area contributed by atoms with Crippen molar-refractivity contribution in [1.82, 2.24) is 0 Å². The number of fused-ring (bicyclic) bond motifs is 2. The van der Waals surface area contributed by atoms with E-state index in [9.17, 15) is 38.4 Å². The fourth-order valence-corrected chi connectivity index (χ4v) is 7.80. The van der Waals surface area contributed by atoms with Crippen LogP contribution in [0.15, 0.2) is 133 Å². The molecule has 0 amide bonds. The zero-order valence-corrected chi connectivity index (χ0v) is 39.7. The summed E-state index contributed by atoms with van der Waals surface area (Å²) in [6, 6.07) is 28.1. The highest BCUT2D eigenvalue weighted by Gasteiger charge is 2.34. The number of carbonyl (C=O) groups excluding carboxylic acids is 8. The van der Waals surface area contributed by atoms with Gasteiger partial charge in [0.25, 0.3) is 0 Å². The second-order valence-electron chi connectivity index (χ2n) is 16.9. The summed E-state index contributed by atoms with van der Waals surface area (Å²) >= 11 is 0. The Balaban J connectivity index is 1.25. The van der Waals surface area contributed by atoms with Gasteiger partial charge in [-0.2, -0.15) is 0 Å². The van der Waals surface area contributed by atoms with Gasteiger partial charge in [0.05, 0.1) is 31.6 Å². The van der Waals surface area contributed by atoms with E-state index in [1.54, 1.807) is 86.6 Å². The number of para-hydroxylation sites is 2. The maximum absolute atomic E-state index is 14.5. The van der Waals surface area contributed by atoms with E-state index in [1.165, 1.54) is 6.92 Å². The molecule has 2 aliphatic rings. The van der Waals surface area contributed by atoms with Crippen molar-refractivity contribution in [3.63, 3.8) is 0 Å². The van der Waals surface area contributed by atoms with Gasteiger partial charge in [-0.1, -0.05) is 119 Å². The normalized spacial score (nSPS) is 14.7. The van der Waals surface area contributed by atoms with Crippen LogP contribution in [0.1, 0.15) is 115 Å². The second kappa shape index (κ2) is 23.8. The van der Waals surface area contributed by atoms with Crippen molar-refractivity contribution < 1.29 is 66.8 Å². The van der Waals surface area contributed by atoms with Crippen LogP contribution in [0.5, 0.6) is 11.5 Å². The molecule has 0 aromatic heterocycles. The fraction of sp³-hybridized carbons (Fsp3) is 0.286. The highest BCUT2D eigenvalue weighted by molar-refractivity contribution is 6.24. The molecule has 362 valence electrons. The molecule has 0 aliphatic heterocycles. The van der Waals surface area contributed by atoms with Gasteiger partial charge in [0.2, 0.25) is 0 Å². The minimum absolute atomic E-state index is 0.101. The van der Waals surface area contributed by atoms with Gasteiger partial charge in [0.1, 0.15) is 37.9 Å². The molecule has 4 aromatic carbocycles. The van der Waals surface area contributed by atoms with Crippen LogP contribution in [-0.4, -0.2) is 73.8 Å². The fourth-order valence-electron chi connectivity index (χ4n) is 7.80. The standard InChI is InChI=1S/C56H54O14/c1-33(2)55(63)67-29-27-65-49(57)23-25-51(59)69-47-21-13-11-15-37(47)35(5)43-31-45(39-17-7-9-19-41(39)53(43)61)46-32-44(54(62)42-20-10-8-18-40(42)46)36(6)38-16-12-14-22-48(38)70-52(60)26-24-50(58)66-28-30-68-56(64)34(3)4/h7-22,31-32,34-36H,1,23-30H2,2-6H3/b46-45+. The lowest BCUT2D eigenvalue weighted by molar-refractivity contribution is -0.154. The quantitative estimate of drug-likeness (QED) is 0.0268. The first-order valence-electron chi connectivity index (χ1n) is 22.9. The van der Waals surface area contributed by atoms with Gasteiger partial charge in [-0.05, 0) is 53.5 Å². The van der Waals surface area contributed by atoms with Crippen LogP contribution in [0.4, 0.5) is 0 Å². The van der Waals surface area contributed by atoms with Crippen molar-refractivity contribution >= 4 is 58.5 Å². The number of ether oxygens (including phenoxy) is 6. The molecule has 0 radical (unpaired) electrons. The lowest BCUT2D eigenvalue weighted by Gasteiger charge is -2.28. The van der Waals surface area contributed by atoms with Gasteiger partial charge in [-0.25, -0.2) is 4.79 Å². The summed E-state index contributed by atoms with van der Waals surface area (Å²) in [5, 5.41) is 0. The Hall–Kier alpha value is -8.00. The van der Waals surface area contributed by atoms with Crippen LogP contribution in [0.2, 0.25) is 0 Å². The first kappa shape index (κ1) is 51.4. The number of benzene rings is 4. The Morgan fingerprint density at radius 3 is 1.24 bits per heavy atom. The maximum atomic E-state index is 14.5. The molecule has 14 nitrogen and oxygen atoms in total. The van der Waals surface area contributed by atoms with Gasteiger partial charge in [-0.3, -0.25) is 33.6 Å². The van der Waals surface area contributed by atoms with Gasteiger partial charge in [-0.15, -0.1) is 0 Å². The Morgan fingerprint density at radius 1 is 0.471 bits per heavy atom. The Bertz CT molecular complexity index is 2820. The Morgan fingerprint density at radius 2 is 0.829 bits per heavy atom. The lowest BCUT2D eigenvalue weighted by Crippen LogP contribution is -2.20. The zero-order valence-electron chi connectivity index (χ0n) is 39.7. The molecular weight excluding hydrogens is 897 g/mol. The minimum atomic E-state index is -0.701. The van der Waals surface area contributed by atoms with Gasteiger partial charge in [0.15, 0.2) is 11.6 Å². The lowest BCUT2D eigenvalue weighted by atomic mass is 9.74. The molecule has 0 heterocycles. The van der Waals surface area contributed by atoms with Crippen LogP contribution in [0, 0.1) is 5.92 Å². The number of carbonyl (C=O) groups is 8. The predicted molar refractivity (Wildman–Crippen MR) is 257 cm³/mol. The first-order chi connectivity index (χ1) is 33.5. The van der Waals surface area contributed by atoms with Crippen molar-refractivity contribution in [3.05, 3.63) is 166 Å². The average Bonchev–Trinajstić information content (AvgIpc) is 3.35. The van der Waals surface area contributed by atoms with Crippen molar-refractivity contribution in [2.24, 2.45) is 5.92 Å². The SMILES string of the molecule is C=C(C)C(=O)OCCOC(=O)CCC(=O)Oc1ccccc1C(C)C1=C/C(=C2/C=C(C(C)c3ccccc3OC(=O)CCC(=O)OCCOC(=O)C(C)C)C(=O)c3ccccc32)c2ccccc2C1=O. The number of Topliss-reactive ketones (excluding diaryl/α,β-unsaturated/α-hetero) is 2. The molecule has 0 spiro atoms. The summed E-state index contributed by atoms with van der Waals surface area (Å²) < 4.78 is 31.7. The number of ketones is 2. The van der Waals surface area contributed by atoms with Crippen molar-refractivity contribution in [2.75, 3.05) is 26.4 Å². The summed E-state index contributed by atoms with van der Waals surface area (Å²) in [4.78, 5) is 103. The predicted octanol–water partition coefficient (Wildman–Crippen LogP) is 9.23. The Kier molecular flexibility index (Phi) is 17.5. The van der Waals surface area contributed by atoms with E-state index in [4.69, 9.17) is 28.4 Å². The highest BCUT2D eigenvalue weighted by Crippen LogP contribution is 2.46. The summed E-state index contributed by atoms with van der Waals surface area (Å²) in [5.41, 5.74) is 5.61. The van der Waals surface area contributed by atoms with Crippen LogP contribution in [-0.2, 0) is 47.7 Å². The van der Waals surface area contributed by atoms with E-state index in [1.807, 2.05) is 50.3 Å². The largest absolute Gasteiger partial charge is 0.462 e. The molecule has 0 saturated heterocycles. The third-order valence-corrected chi connectivity index (χ3v) is 11.5. The summed E-state index contributed by atoms with van der Waals surface area (Å²) in [5.74, 6) is -5.37. The molecule has 4 aromatic rings. The third-order valence-electron chi connectivity index (χ3n) is 11.5. The van der Waals surface area contributed by atoms with Crippen LogP contribution < -0.4 is 9.47 Å². The van der Waals surface area contributed by atoms with E-state index in [2.05, 4.69) is 6.58 Å². The smallest absolute Gasteiger partial charge is 0.333 e. The first-order valence-corrected chi connectivity index (χ1v) is 22.9. The summed E-state index contributed by atoms with van der Waals surface area (Å²) in [7, 11) is 0. The van der Waals surface area contributed by atoms with Crippen LogP contribution in [0.25, 0.3) is 11.1 Å². The molecule has 0 N–H and O–H groups in total. The van der Waals surface area contributed by atoms with Gasteiger partial charge < -0.3 is 28.4 Å². The topological polar surface area (TPSA) is 192 Å². The van der Waals surface area contributed by atoms with Crippen LogP contribution in [0.3, 0.4) is 0 Å². The average molecular weight is 951 g/mol. The molecule has 0 bridgehead atoms. The zero-order chi connectivity index (χ0) is 50.5. The highest BCUT2D eigenvalue weighted by atomic mass is 16.6. The molecule has 70 heavy (non-hydrogen) atoms. The number of esters is 6. The number of hydrogen-bond acceptors (Lipinski definition) is 14. The molecule has 6 rings (SSSR count). The maximum Gasteiger partial charge on any atom is 0.333 e. The molecule has 2 atom stereocenters. The van der Waals surface area contributed by atoms with Crippen molar-refractivity contribution in [3.8, 4) is 11.5 Å². The monoisotopic (exact) mass is 950 g/mol.